The number of nitrogens with zero attached hydrogens (tertiary/aromatic N) is 1. The van der Waals surface area contributed by atoms with E-state index in [9.17, 15) is 4.79 Å². The van der Waals surface area contributed by atoms with Crippen LogP contribution in [-0.2, 0) is 11.2 Å². The Bertz CT molecular complexity index is 569. The van der Waals surface area contributed by atoms with Crippen molar-refractivity contribution in [2.45, 2.75) is 59.3 Å². The Kier molecular flexibility index (Phi) is 6.39. The van der Waals surface area contributed by atoms with E-state index in [1.807, 2.05) is 24.3 Å². The summed E-state index contributed by atoms with van der Waals surface area (Å²) in [6, 6.07) is 9.96. The highest BCUT2D eigenvalue weighted by Gasteiger charge is 2.34. The second kappa shape index (κ2) is 8.29. The Hall–Kier alpha value is -1.62. The second-order valence-electron chi connectivity index (χ2n) is 7.52. The molecule has 0 spiro atoms. The van der Waals surface area contributed by atoms with Crippen LogP contribution in [0, 0.1) is 35.0 Å². The molecule has 1 fully saturated rings. The lowest BCUT2D eigenvalue weighted by molar-refractivity contribution is -0.127. The number of benzene rings is 1. The van der Waals surface area contributed by atoms with E-state index in [1.54, 1.807) is 0 Å². The molecule has 0 N–H and O–H groups in total. The third kappa shape index (κ3) is 4.67. The Morgan fingerprint density at radius 3 is 2.74 bits per heavy atom. The fourth-order valence-electron chi connectivity index (χ4n) is 4.06. The van der Waals surface area contributed by atoms with E-state index in [0.29, 0.717) is 30.0 Å². The highest BCUT2D eigenvalue weighted by molar-refractivity contribution is 5.81. The SMILES string of the molecule is CC(C)[C@@H]1CC[C@@H](C)C[C@H]1C(=O)CCCc1ccccc1C#N. The molecule has 124 valence electrons. The smallest absolute Gasteiger partial charge is 0.136 e. The number of carbonyl (C=O) groups excluding carboxylic acids is 1. The Morgan fingerprint density at radius 1 is 1.30 bits per heavy atom. The van der Waals surface area contributed by atoms with Crippen molar-refractivity contribution in [1.82, 2.24) is 0 Å². The van der Waals surface area contributed by atoms with E-state index in [-0.39, 0.29) is 5.92 Å². The topological polar surface area (TPSA) is 40.9 Å². The normalized spacial score (nSPS) is 24.4. The van der Waals surface area contributed by atoms with Gasteiger partial charge in [0.25, 0.3) is 0 Å². The minimum Gasteiger partial charge on any atom is -0.299 e. The Labute approximate surface area is 140 Å². The summed E-state index contributed by atoms with van der Waals surface area (Å²) in [6.45, 7) is 6.79. The van der Waals surface area contributed by atoms with Crippen LogP contribution in [0.15, 0.2) is 24.3 Å². The van der Waals surface area contributed by atoms with Crippen molar-refractivity contribution >= 4 is 5.78 Å². The van der Waals surface area contributed by atoms with Crippen LogP contribution in [0.4, 0.5) is 0 Å². The van der Waals surface area contributed by atoms with Gasteiger partial charge < -0.3 is 0 Å². The van der Waals surface area contributed by atoms with Crippen molar-refractivity contribution in [3.8, 4) is 6.07 Å². The summed E-state index contributed by atoms with van der Waals surface area (Å²) >= 11 is 0. The number of ketones is 1. The molecule has 1 saturated carbocycles. The predicted octanol–water partition coefficient (Wildman–Crippen LogP) is 5.16. The molecule has 2 heteroatoms. The van der Waals surface area contributed by atoms with Gasteiger partial charge in [0, 0.05) is 12.3 Å². The maximum Gasteiger partial charge on any atom is 0.136 e. The van der Waals surface area contributed by atoms with Crippen LogP contribution in [0.1, 0.15) is 64.0 Å². The van der Waals surface area contributed by atoms with Crippen molar-refractivity contribution in [3.05, 3.63) is 35.4 Å². The molecule has 0 amide bonds. The number of carbonyl (C=O) groups is 1. The van der Waals surface area contributed by atoms with Gasteiger partial charge in [0.15, 0.2) is 0 Å². The van der Waals surface area contributed by atoms with Crippen molar-refractivity contribution < 1.29 is 4.79 Å². The molecule has 1 aromatic rings. The van der Waals surface area contributed by atoms with Gasteiger partial charge in [-0.25, -0.2) is 0 Å². The molecule has 2 rings (SSSR count). The number of hydrogen-bond acceptors (Lipinski definition) is 2. The van der Waals surface area contributed by atoms with Crippen LogP contribution in [0.5, 0.6) is 0 Å². The lowest BCUT2D eigenvalue weighted by Gasteiger charge is -2.36. The standard InChI is InChI=1S/C21H29NO/c1-15(2)19-12-11-16(3)13-20(19)21(23)10-6-9-17-7-4-5-8-18(17)14-22/h4-5,7-8,15-16,19-20H,6,9-13H2,1-3H3/t16-,19+,20-/m1/s1. The quantitative estimate of drug-likeness (QED) is 0.728. The van der Waals surface area contributed by atoms with Crippen LogP contribution in [0.2, 0.25) is 0 Å². The van der Waals surface area contributed by atoms with Crippen LogP contribution >= 0.6 is 0 Å². The van der Waals surface area contributed by atoms with Gasteiger partial charge in [0.05, 0.1) is 11.6 Å². The molecular formula is C21H29NO. The first-order chi connectivity index (χ1) is 11.0. The van der Waals surface area contributed by atoms with Gasteiger partial charge in [-0.3, -0.25) is 4.79 Å². The molecule has 0 radical (unpaired) electrons. The monoisotopic (exact) mass is 311 g/mol. The maximum atomic E-state index is 12.7. The molecule has 2 nitrogen and oxygen atoms in total. The van der Waals surface area contributed by atoms with Crippen molar-refractivity contribution in [2.75, 3.05) is 0 Å². The number of nitriles is 1. The summed E-state index contributed by atoms with van der Waals surface area (Å²) in [5.74, 6) is 2.54. The first-order valence-corrected chi connectivity index (χ1v) is 9.03. The van der Waals surface area contributed by atoms with E-state index in [0.717, 1.165) is 30.4 Å². The summed E-state index contributed by atoms with van der Waals surface area (Å²) in [7, 11) is 0. The first kappa shape index (κ1) is 17.7. The zero-order valence-corrected chi connectivity index (χ0v) is 14.7. The molecule has 1 aromatic carbocycles. The van der Waals surface area contributed by atoms with Crippen LogP contribution < -0.4 is 0 Å². The minimum absolute atomic E-state index is 0.255. The van der Waals surface area contributed by atoms with Crippen LogP contribution in [-0.4, -0.2) is 5.78 Å². The maximum absolute atomic E-state index is 12.7. The van der Waals surface area contributed by atoms with E-state index < -0.39 is 0 Å². The van der Waals surface area contributed by atoms with Gasteiger partial charge >= 0.3 is 0 Å². The molecule has 0 heterocycles. The third-order valence-corrected chi connectivity index (χ3v) is 5.44. The lowest BCUT2D eigenvalue weighted by atomic mass is 9.68. The molecule has 0 bridgehead atoms. The zero-order valence-electron chi connectivity index (χ0n) is 14.7. The second-order valence-corrected chi connectivity index (χ2v) is 7.52. The van der Waals surface area contributed by atoms with E-state index in [2.05, 4.69) is 26.8 Å². The summed E-state index contributed by atoms with van der Waals surface area (Å²) in [4.78, 5) is 12.7. The fourth-order valence-corrected chi connectivity index (χ4v) is 4.06. The molecule has 3 atom stereocenters. The number of aryl methyl sites for hydroxylation is 1. The predicted molar refractivity (Wildman–Crippen MR) is 93.9 cm³/mol. The van der Waals surface area contributed by atoms with Gasteiger partial charge in [-0.15, -0.1) is 0 Å². The average Bonchev–Trinajstić information content (AvgIpc) is 2.54. The summed E-state index contributed by atoms with van der Waals surface area (Å²) < 4.78 is 0. The number of rotatable bonds is 6. The summed E-state index contributed by atoms with van der Waals surface area (Å²) in [6.07, 6.45) is 5.86. The highest BCUT2D eigenvalue weighted by atomic mass is 16.1. The molecular weight excluding hydrogens is 282 g/mol. The molecule has 0 aromatic heterocycles. The van der Waals surface area contributed by atoms with Gasteiger partial charge in [-0.2, -0.15) is 5.26 Å². The largest absolute Gasteiger partial charge is 0.299 e. The summed E-state index contributed by atoms with van der Waals surface area (Å²) in [5.41, 5.74) is 1.81. The fraction of sp³-hybridized carbons (Fsp3) is 0.619. The van der Waals surface area contributed by atoms with E-state index >= 15 is 0 Å². The van der Waals surface area contributed by atoms with Gasteiger partial charge in [-0.05, 0) is 55.1 Å². The lowest BCUT2D eigenvalue weighted by Crippen LogP contribution is -2.33. The number of hydrogen-bond donors (Lipinski definition) is 0. The van der Waals surface area contributed by atoms with E-state index in [4.69, 9.17) is 5.26 Å². The molecule has 0 unspecified atom stereocenters. The molecule has 23 heavy (non-hydrogen) atoms. The Balaban J connectivity index is 1.92. The van der Waals surface area contributed by atoms with Crippen molar-refractivity contribution in [2.24, 2.45) is 23.7 Å². The first-order valence-electron chi connectivity index (χ1n) is 9.03. The van der Waals surface area contributed by atoms with E-state index in [1.165, 1.54) is 12.8 Å². The molecule has 1 aliphatic rings. The third-order valence-electron chi connectivity index (χ3n) is 5.44. The summed E-state index contributed by atoms with van der Waals surface area (Å²) in [5, 5.41) is 9.14. The molecule has 1 aliphatic carbocycles. The number of Topliss-reactive ketones (excluding diaryl/α,β-unsaturated/α-hetero) is 1. The minimum atomic E-state index is 0.255. The van der Waals surface area contributed by atoms with Crippen molar-refractivity contribution in [1.29, 1.82) is 5.26 Å². The molecule has 0 saturated heterocycles. The van der Waals surface area contributed by atoms with Gasteiger partial charge in [0.1, 0.15) is 5.78 Å². The van der Waals surface area contributed by atoms with Crippen LogP contribution in [0.25, 0.3) is 0 Å². The van der Waals surface area contributed by atoms with Gasteiger partial charge in [-0.1, -0.05) is 45.4 Å². The van der Waals surface area contributed by atoms with Crippen LogP contribution in [0.3, 0.4) is 0 Å². The average molecular weight is 311 g/mol. The Morgan fingerprint density at radius 2 is 2.04 bits per heavy atom. The van der Waals surface area contributed by atoms with Gasteiger partial charge in [0.2, 0.25) is 0 Å². The highest BCUT2D eigenvalue weighted by Crippen LogP contribution is 2.39. The molecule has 0 aliphatic heterocycles. The zero-order chi connectivity index (χ0) is 16.8. The van der Waals surface area contributed by atoms with Crippen molar-refractivity contribution in [3.63, 3.8) is 0 Å².